The highest BCUT2D eigenvalue weighted by Gasteiger charge is 2.47. The Morgan fingerprint density at radius 2 is 1.96 bits per heavy atom. The molecule has 2 fully saturated rings. The fourth-order valence-corrected chi connectivity index (χ4v) is 4.06. The van der Waals surface area contributed by atoms with Crippen LogP contribution in [0, 0.1) is 11.8 Å². The number of carbonyl (C=O) groups excluding carboxylic acids is 2. The second-order valence-corrected chi connectivity index (χ2v) is 7.32. The Labute approximate surface area is 152 Å². The molecule has 0 radical (unpaired) electrons. The molecule has 2 saturated carbocycles. The van der Waals surface area contributed by atoms with Crippen LogP contribution in [0.1, 0.15) is 60.5 Å². The second-order valence-electron chi connectivity index (χ2n) is 7.32. The number of amides is 2. The van der Waals surface area contributed by atoms with Crippen molar-refractivity contribution < 1.29 is 19.5 Å². The van der Waals surface area contributed by atoms with Crippen molar-refractivity contribution in [2.75, 3.05) is 7.05 Å². The van der Waals surface area contributed by atoms with Crippen molar-refractivity contribution in [3.63, 3.8) is 0 Å². The first-order valence-electron chi connectivity index (χ1n) is 9.21. The summed E-state index contributed by atoms with van der Waals surface area (Å²) >= 11 is 0. The highest BCUT2D eigenvalue weighted by Crippen LogP contribution is 2.48. The molecular formula is C18H26N4O4. The van der Waals surface area contributed by atoms with Crippen molar-refractivity contribution in [1.82, 2.24) is 20.4 Å². The zero-order valence-electron chi connectivity index (χ0n) is 15.2. The topological polar surface area (TPSA) is 113 Å². The SMILES string of the molecule is CNC(=O)c1c(C2CC2C(=O)N[C@H](C(=O)O)C2CCCCC2)cnn1C. The average molecular weight is 362 g/mol. The van der Waals surface area contributed by atoms with Crippen molar-refractivity contribution in [3.8, 4) is 0 Å². The number of rotatable bonds is 6. The number of carboxylic acid groups (broad SMARTS) is 1. The Balaban J connectivity index is 1.67. The van der Waals surface area contributed by atoms with Crippen molar-refractivity contribution in [3.05, 3.63) is 17.5 Å². The second kappa shape index (κ2) is 7.47. The highest BCUT2D eigenvalue weighted by atomic mass is 16.4. The number of nitrogens with zero attached hydrogens (tertiary/aromatic N) is 2. The predicted octanol–water partition coefficient (Wildman–Crippen LogP) is 1.03. The molecule has 26 heavy (non-hydrogen) atoms. The zero-order valence-corrected chi connectivity index (χ0v) is 15.2. The number of carbonyl (C=O) groups is 3. The van der Waals surface area contributed by atoms with Gasteiger partial charge in [0.05, 0.1) is 6.20 Å². The summed E-state index contributed by atoms with van der Waals surface area (Å²) in [6.07, 6.45) is 7.08. The predicted molar refractivity (Wildman–Crippen MR) is 93.6 cm³/mol. The summed E-state index contributed by atoms with van der Waals surface area (Å²) in [5.41, 5.74) is 1.20. The quantitative estimate of drug-likeness (QED) is 0.699. The molecule has 1 aromatic heterocycles. The third kappa shape index (κ3) is 3.59. The average Bonchev–Trinajstić information content (AvgIpc) is 3.34. The molecule has 3 rings (SSSR count). The third-order valence-corrected chi connectivity index (χ3v) is 5.62. The molecule has 8 heteroatoms. The van der Waals surface area contributed by atoms with E-state index in [4.69, 9.17) is 0 Å². The van der Waals surface area contributed by atoms with Crippen molar-refractivity contribution in [2.45, 2.75) is 50.5 Å². The van der Waals surface area contributed by atoms with Crippen LogP contribution in [-0.4, -0.2) is 45.8 Å². The van der Waals surface area contributed by atoms with Gasteiger partial charge in [-0.25, -0.2) is 4.79 Å². The van der Waals surface area contributed by atoms with Crippen LogP contribution in [0.4, 0.5) is 0 Å². The Morgan fingerprint density at radius 1 is 1.27 bits per heavy atom. The van der Waals surface area contributed by atoms with Crippen LogP contribution in [-0.2, 0) is 16.6 Å². The molecule has 0 aliphatic heterocycles. The molecule has 142 valence electrons. The van der Waals surface area contributed by atoms with E-state index < -0.39 is 12.0 Å². The van der Waals surface area contributed by atoms with E-state index in [1.54, 1.807) is 20.3 Å². The maximum Gasteiger partial charge on any atom is 0.326 e. The largest absolute Gasteiger partial charge is 0.480 e. The van der Waals surface area contributed by atoms with E-state index >= 15 is 0 Å². The minimum atomic E-state index is -0.963. The minimum absolute atomic E-state index is 0.00206. The summed E-state index contributed by atoms with van der Waals surface area (Å²) in [5.74, 6) is -1.82. The first-order valence-corrected chi connectivity index (χ1v) is 9.21. The summed E-state index contributed by atoms with van der Waals surface area (Å²) in [4.78, 5) is 36.3. The van der Waals surface area contributed by atoms with Gasteiger partial charge in [-0.05, 0) is 25.2 Å². The van der Waals surface area contributed by atoms with Gasteiger partial charge in [0.2, 0.25) is 5.91 Å². The summed E-state index contributed by atoms with van der Waals surface area (Å²) < 4.78 is 1.50. The number of aryl methyl sites for hydroxylation is 1. The van der Waals surface area contributed by atoms with Crippen LogP contribution in [0.3, 0.4) is 0 Å². The number of hydrogen-bond donors (Lipinski definition) is 3. The standard InChI is InChI=1S/C18H26N4O4/c1-19-17(24)15-13(9-20-22(15)2)11-8-12(11)16(23)21-14(18(25)26)10-6-4-3-5-7-10/h9-12,14H,3-8H2,1-2H3,(H,19,24)(H,21,23)(H,25,26)/t11?,12?,14-/m0/s1. The van der Waals surface area contributed by atoms with Crippen LogP contribution < -0.4 is 10.6 Å². The lowest BCUT2D eigenvalue weighted by atomic mass is 9.84. The van der Waals surface area contributed by atoms with E-state index in [9.17, 15) is 19.5 Å². The number of nitrogens with one attached hydrogen (secondary N) is 2. The lowest BCUT2D eigenvalue weighted by Crippen LogP contribution is -2.47. The lowest BCUT2D eigenvalue weighted by molar-refractivity contribution is -0.144. The Hall–Kier alpha value is -2.38. The summed E-state index contributed by atoms with van der Waals surface area (Å²) in [6, 6.07) is -0.823. The van der Waals surface area contributed by atoms with Gasteiger partial charge in [0.15, 0.2) is 0 Å². The Kier molecular flexibility index (Phi) is 5.29. The summed E-state index contributed by atoms with van der Waals surface area (Å²) in [6.45, 7) is 0. The number of aromatic nitrogens is 2. The zero-order chi connectivity index (χ0) is 18.8. The van der Waals surface area contributed by atoms with Crippen molar-refractivity contribution >= 4 is 17.8 Å². The molecule has 2 amide bonds. The smallest absolute Gasteiger partial charge is 0.326 e. The monoisotopic (exact) mass is 362 g/mol. The van der Waals surface area contributed by atoms with Gasteiger partial charge in [0.25, 0.3) is 5.91 Å². The molecule has 8 nitrogen and oxygen atoms in total. The van der Waals surface area contributed by atoms with E-state index in [-0.39, 0.29) is 29.6 Å². The maximum absolute atomic E-state index is 12.6. The van der Waals surface area contributed by atoms with Crippen LogP contribution in [0.2, 0.25) is 0 Å². The molecule has 0 aromatic carbocycles. The molecule has 2 aliphatic carbocycles. The van der Waals surface area contributed by atoms with Gasteiger partial charge in [-0.3, -0.25) is 14.3 Å². The Bertz CT molecular complexity index is 708. The molecule has 3 atom stereocenters. The van der Waals surface area contributed by atoms with E-state index in [0.29, 0.717) is 12.1 Å². The molecule has 0 spiro atoms. The molecule has 0 bridgehead atoms. The van der Waals surface area contributed by atoms with Crippen LogP contribution in [0.15, 0.2) is 6.20 Å². The van der Waals surface area contributed by atoms with E-state index in [0.717, 1.165) is 37.7 Å². The molecule has 2 unspecified atom stereocenters. The van der Waals surface area contributed by atoms with Crippen LogP contribution in [0.25, 0.3) is 0 Å². The molecule has 3 N–H and O–H groups in total. The molecule has 1 aromatic rings. The fraction of sp³-hybridized carbons (Fsp3) is 0.667. The van der Waals surface area contributed by atoms with Gasteiger partial charge < -0.3 is 15.7 Å². The molecule has 2 aliphatic rings. The number of aliphatic carboxylic acids is 1. The number of carboxylic acids is 1. The van der Waals surface area contributed by atoms with Crippen molar-refractivity contribution in [2.24, 2.45) is 18.9 Å². The third-order valence-electron chi connectivity index (χ3n) is 5.62. The Morgan fingerprint density at radius 3 is 2.58 bits per heavy atom. The van der Waals surface area contributed by atoms with Crippen LogP contribution in [0.5, 0.6) is 0 Å². The van der Waals surface area contributed by atoms with Gasteiger partial charge >= 0.3 is 5.97 Å². The van der Waals surface area contributed by atoms with E-state index in [1.807, 2.05) is 0 Å². The van der Waals surface area contributed by atoms with E-state index in [1.165, 1.54) is 4.68 Å². The first kappa shape index (κ1) is 18.4. The molecular weight excluding hydrogens is 336 g/mol. The first-order chi connectivity index (χ1) is 12.4. The minimum Gasteiger partial charge on any atom is -0.480 e. The molecule has 1 heterocycles. The summed E-state index contributed by atoms with van der Waals surface area (Å²) in [7, 11) is 3.24. The maximum atomic E-state index is 12.6. The van der Waals surface area contributed by atoms with E-state index in [2.05, 4.69) is 15.7 Å². The van der Waals surface area contributed by atoms with Gasteiger partial charge in [0, 0.05) is 31.5 Å². The van der Waals surface area contributed by atoms with Crippen LogP contribution >= 0.6 is 0 Å². The van der Waals surface area contributed by atoms with Gasteiger partial charge in [-0.2, -0.15) is 5.10 Å². The lowest BCUT2D eigenvalue weighted by Gasteiger charge is -2.28. The number of hydrogen-bond acceptors (Lipinski definition) is 4. The van der Waals surface area contributed by atoms with Crippen molar-refractivity contribution in [1.29, 1.82) is 0 Å². The summed E-state index contributed by atoms with van der Waals surface area (Å²) in [5, 5.41) is 19.0. The van der Waals surface area contributed by atoms with Gasteiger partial charge in [-0.1, -0.05) is 19.3 Å². The van der Waals surface area contributed by atoms with Gasteiger partial charge in [0.1, 0.15) is 11.7 Å². The normalized spacial score (nSPS) is 23.9. The fourth-order valence-electron chi connectivity index (χ4n) is 4.06. The molecule has 0 saturated heterocycles. The highest BCUT2D eigenvalue weighted by molar-refractivity contribution is 5.95. The van der Waals surface area contributed by atoms with Gasteiger partial charge in [-0.15, -0.1) is 0 Å².